The Balaban J connectivity index is 1.93. The molecule has 1 aliphatic carbocycles. The summed E-state index contributed by atoms with van der Waals surface area (Å²) < 4.78 is 0. The van der Waals surface area contributed by atoms with Gasteiger partial charge in [0.05, 0.1) is 6.07 Å². The largest absolute Gasteiger partial charge is 0.314 e. The first-order valence-corrected chi connectivity index (χ1v) is 6.26. The molecule has 0 radical (unpaired) electrons. The molecule has 0 aromatic carbocycles. The molecule has 4 heteroatoms. The van der Waals surface area contributed by atoms with Crippen molar-refractivity contribution in [2.45, 2.75) is 37.1 Å². The third kappa shape index (κ3) is 1.71. The van der Waals surface area contributed by atoms with Crippen molar-refractivity contribution >= 4 is 0 Å². The summed E-state index contributed by atoms with van der Waals surface area (Å²) in [5, 5.41) is 13.1. The Labute approximate surface area is 101 Å². The molecule has 3 atom stereocenters. The van der Waals surface area contributed by atoms with Crippen LogP contribution < -0.4 is 5.32 Å². The minimum Gasteiger partial charge on any atom is -0.314 e. The molecule has 1 aromatic heterocycles. The summed E-state index contributed by atoms with van der Waals surface area (Å²) in [6.45, 7) is 1.08. The van der Waals surface area contributed by atoms with Gasteiger partial charge in [0.2, 0.25) is 0 Å². The zero-order valence-corrected chi connectivity index (χ0v) is 9.76. The molecule has 2 aliphatic rings. The lowest BCUT2D eigenvalue weighted by molar-refractivity contribution is 0.318. The van der Waals surface area contributed by atoms with Crippen molar-refractivity contribution in [1.82, 2.24) is 15.3 Å². The van der Waals surface area contributed by atoms with Gasteiger partial charge in [0.25, 0.3) is 0 Å². The van der Waals surface area contributed by atoms with Crippen LogP contribution in [-0.2, 0) is 5.41 Å². The molecule has 1 saturated heterocycles. The number of hydrogen-bond acceptors (Lipinski definition) is 4. The second kappa shape index (κ2) is 4.08. The maximum Gasteiger partial charge on any atom is 0.148 e. The zero-order chi connectivity index (χ0) is 11.7. The molecular weight excluding hydrogens is 212 g/mol. The molecule has 88 valence electrons. The highest BCUT2D eigenvalue weighted by Gasteiger charge is 2.49. The number of piperidine rings is 1. The van der Waals surface area contributed by atoms with E-state index in [9.17, 15) is 5.26 Å². The summed E-state index contributed by atoms with van der Waals surface area (Å²) in [6.07, 6.45) is 7.68. The molecule has 0 spiro atoms. The van der Waals surface area contributed by atoms with Crippen LogP contribution in [0.15, 0.2) is 18.5 Å². The first kappa shape index (κ1) is 10.7. The van der Waals surface area contributed by atoms with E-state index in [4.69, 9.17) is 0 Å². The Morgan fingerprint density at radius 3 is 2.88 bits per heavy atom. The Morgan fingerprint density at radius 1 is 1.35 bits per heavy atom. The van der Waals surface area contributed by atoms with E-state index in [0.29, 0.717) is 17.8 Å². The van der Waals surface area contributed by atoms with E-state index in [0.717, 1.165) is 19.4 Å². The standard InChI is InChI=1S/C13H16N4/c14-9-13(12-16-5-2-6-17-12)7-10-3-1-4-15-11(10)8-13/h2,5-6,10-11,15H,1,3-4,7-8H2. The highest BCUT2D eigenvalue weighted by molar-refractivity contribution is 5.25. The first-order chi connectivity index (χ1) is 8.34. The van der Waals surface area contributed by atoms with Crippen LogP contribution >= 0.6 is 0 Å². The fraction of sp³-hybridized carbons (Fsp3) is 0.615. The van der Waals surface area contributed by atoms with Gasteiger partial charge in [-0.15, -0.1) is 0 Å². The number of aromatic nitrogens is 2. The second-order valence-electron chi connectivity index (χ2n) is 5.14. The smallest absolute Gasteiger partial charge is 0.148 e. The van der Waals surface area contributed by atoms with Gasteiger partial charge < -0.3 is 5.32 Å². The average Bonchev–Trinajstić information content (AvgIpc) is 2.79. The molecule has 17 heavy (non-hydrogen) atoms. The van der Waals surface area contributed by atoms with Crippen molar-refractivity contribution in [3.05, 3.63) is 24.3 Å². The van der Waals surface area contributed by atoms with Gasteiger partial charge in [-0.05, 0) is 44.2 Å². The molecule has 3 unspecified atom stereocenters. The van der Waals surface area contributed by atoms with Crippen LogP contribution in [0.1, 0.15) is 31.5 Å². The molecule has 1 aliphatic heterocycles. The molecule has 1 saturated carbocycles. The average molecular weight is 228 g/mol. The maximum absolute atomic E-state index is 9.56. The molecule has 2 heterocycles. The maximum atomic E-state index is 9.56. The topological polar surface area (TPSA) is 61.6 Å². The molecular formula is C13H16N4. The number of nitriles is 1. The normalized spacial score (nSPS) is 36.2. The van der Waals surface area contributed by atoms with Crippen molar-refractivity contribution in [2.75, 3.05) is 6.54 Å². The zero-order valence-electron chi connectivity index (χ0n) is 9.76. The predicted octanol–water partition coefficient (Wildman–Crippen LogP) is 1.40. The first-order valence-electron chi connectivity index (χ1n) is 6.26. The predicted molar refractivity (Wildman–Crippen MR) is 63.1 cm³/mol. The van der Waals surface area contributed by atoms with Crippen LogP contribution in [0.5, 0.6) is 0 Å². The Morgan fingerprint density at radius 2 is 2.18 bits per heavy atom. The van der Waals surface area contributed by atoms with Gasteiger partial charge in [-0.25, -0.2) is 9.97 Å². The monoisotopic (exact) mass is 228 g/mol. The molecule has 1 N–H and O–H groups in total. The van der Waals surface area contributed by atoms with Gasteiger partial charge in [0.15, 0.2) is 0 Å². The summed E-state index contributed by atoms with van der Waals surface area (Å²) in [5.74, 6) is 1.32. The fourth-order valence-corrected chi connectivity index (χ4v) is 3.28. The van der Waals surface area contributed by atoms with E-state index in [-0.39, 0.29) is 0 Å². The summed E-state index contributed by atoms with van der Waals surface area (Å²) in [7, 11) is 0. The van der Waals surface area contributed by atoms with Crippen LogP contribution in [0.4, 0.5) is 0 Å². The second-order valence-corrected chi connectivity index (χ2v) is 5.14. The lowest BCUT2D eigenvalue weighted by atomic mass is 9.85. The quantitative estimate of drug-likeness (QED) is 0.789. The number of rotatable bonds is 1. The highest BCUT2D eigenvalue weighted by Crippen LogP contribution is 2.45. The molecule has 0 amide bonds. The van der Waals surface area contributed by atoms with Crippen LogP contribution in [0.25, 0.3) is 0 Å². The van der Waals surface area contributed by atoms with Crippen molar-refractivity contribution in [3.8, 4) is 6.07 Å². The summed E-state index contributed by atoms with van der Waals surface area (Å²) >= 11 is 0. The lowest BCUT2D eigenvalue weighted by Gasteiger charge is -2.25. The molecule has 1 aromatic rings. The van der Waals surface area contributed by atoms with Gasteiger partial charge in [-0.1, -0.05) is 0 Å². The minimum absolute atomic E-state index is 0.464. The van der Waals surface area contributed by atoms with E-state index >= 15 is 0 Å². The molecule has 3 rings (SSSR count). The van der Waals surface area contributed by atoms with E-state index in [1.165, 1.54) is 12.8 Å². The van der Waals surface area contributed by atoms with Crippen molar-refractivity contribution in [1.29, 1.82) is 5.26 Å². The number of fused-ring (bicyclic) bond motifs is 1. The van der Waals surface area contributed by atoms with Crippen LogP contribution in [-0.4, -0.2) is 22.6 Å². The van der Waals surface area contributed by atoms with Crippen LogP contribution in [0.2, 0.25) is 0 Å². The summed E-state index contributed by atoms with van der Waals surface area (Å²) in [5.41, 5.74) is -0.464. The van der Waals surface area contributed by atoms with Crippen LogP contribution in [0.3, 0.4) is 0 Å². The van der Waals surface area contributed by atoms with Crippen molar-refractivity contribution < 1.29 is 0 Å². The lowest BCUT2D eigenvalue weighted by Crippen LogP contribution is -2.38. The van der Waals surface area contributed by atoms with Gasteiger partial charge in [0.1, 0.15) is 11.2 Å². The Kier molecular flexibility index (Phi) is 2.56. The van der Waals surface area contributed by atoms with Gasteiger partial charge in [0, 0.05) is 18.4 Å². The fourth-order valence-electron chi connectivity index (χ4n) is 3.28. The number of hydrogen-bond donors (Lipinski definition) is 1. The Hall–Kier alpha value is -1.47. The third-order valence-electron chi connectivity index (χ3n) is 4.11. The van der Waals surface area contributed by atoms with Crippen LogP contribution in [0, 0.1) is 17.2 Å². The van der Waals surface area contributed by atoms with E-state index in [1.54, 1.807) is 18.5 Å². The molecule has 0 bridgehead atoms. The van der Waals surface area contributed by atoms with E-state index < -0.39 is 5.41 Å². The molecule has 4 nitrogen and oxygen atoms in total. The third-order valence-corrected chi connectivity index (χ3v) is 4.11. The summed E-state index contributed by atoms with van der Waals surface area (Å²) in [4.78, 5) is 8.60. The highest BCUT2D eigenvalue weighted by atomic mass is 15.0. The minimum atomic E-state index is -0.464. The summed E-state index contributed by atoms with van der Waals surface area (Å²) in [6, 6.07) is 4.76. The van der Waals surface area contributed by atoms with Crippen molar-refractivity contribution in [3.63, 3.8) is 0 Å². The SMILES string of the molecule is N#CC1(c2ncccn2)CC2CCCNC2C1. The number of nitrogens with zero attached hydrogens (tertiary/aromatic N) is 3. The van der Waals surface area contributed by atoms with Crippen molar-refractivity contribution in [2.24, 2.45) is 5.92 Å². The van der Waals surface area contributed by atoms with E-state index in [1.807, 2.05) is 0 Å². The van der Waals surface area contributed by atoms with Gasteiger partial charge in [-0.2, -0.15) is 5.26 Å². The van der Waals surface area contributed by atoms with Gasteiger partial charge in [-0.3, -0.25) is 0 Å². The molecule has 2 fully saturated rings. The number of nitrogens with one attached hydrogen (secondary N) is 1. The van der Waals surface area contributed by atoms with E-state index in [2.05, 4.69) is 21.4 Å². The Bertz CT molecular complexity index is 422. The van der Waals surface area contributed by atoms with Gasteiger partial charge >= 0.3 is 0 Å².